The van der Waals surface area contributed by atoms with E-state index in [1.807, 2.05) is 6.92 Å². The average molecular weight is 390 g/mol. The van der Waals surface area contributed by atoms with Crippen LogP contribution in [0.5, 0.6) is 11.5 Å². The highest BCUT2D eigenvalue weighted by molar-refractivity contribution is 8.19. The lowest BCUT2D eigenvalue weighted by Crippen LogP contribution is -2.27. The molecule has 3 rings (SSSR count). The van der Waals surface area contributed by atoms with Crippen LogP contribution in [0.25, 0.3) is 6.08 Å². The number of nitrogens with zero attached hydrogens (tertiary/aromatic N) is 1. The Balaban J connectivity index is 1.92. The monoisotopic (exact) mass is 389 g/mol. The molecule has 1 aliphatic rings. The van der Waals surface area contributed by atoms with Gasteiger partial charge in [-0.3, -0.25) is 9.59 Å². The fourth-order valence-electron chi connectivity index (χ4n) is 2.51. The quantitative estimate of drug-likeness (QED) is 0.674. The summed E-state index contributed by atoms with van der Waals surface area (Å²) in [6.45, 7) is 2.37. The van der Waals surface area contributed by atoms with Crippen LogP contribution in [0.1, 0.15) is 12.5 Å². The Morgan fingerprint density at radius 3 is 2.65 bits per heavy atom. The van der Waals surface area contributed by atoms with Crippen molar-refractivity contribution >= 4 is 46.3 Å². The number of benzene rings is 2. The van der Waals surface area contributed by atoms with E-state index in [0.29, 0.717) is 33.7 Å². The molecular weight excluding hydrogens is 374 g/mol. The smallest absolute Gasteiger partial charge is 0.298 e. The maximum Gasteiger partial charge on any atom is 0.298 e. The Morgan fingerprint density at radius 1 is 1.15 bits per heavy atom. The van der Waals surface area contributed by atoms with Gasteiger partial charge in [-0.1, -0.05) is 23.7 Å². The summed E-state index contributed by atoms with van der Waals surface area (Å²) in [4.78, 5) is 26.4. The molecule has 7 heteroatoms. The number of rotatable bonds is 5. The van der Waals surface area contributed by atoms with Gasteiger partial charge in [-0.15, -0.1) is 0 Å². The highest BCUT2D eigenvalue weighted by Gasteiger charge is 2.36. The lowest BCUT2D eigenvalue weighted by molar-refractivity contribution is -0.113. The van der Waals surface area contributed by atoms with Crippen LogP contribution in [0.2, 0.25) is 5.02 Å². The van der Waals surface area contributed by atoms with E-state index < -0.39 is 0 Å². The zero-order valence-electron chi connectivity index (χ0n) is 14.2. The number of carbonyl (C=O) groups is 2. The molecule has 0 unspecified atom stereocenters. The number of imide groups is 1. The van der Waals surface area contributed by atoms with E-state index in [1.54, 1.807) is 55.7 Å². The van der Waals surface area contributed by atoms with Gasteiger partial charge in [-0.05, 0) is 60.7 Å². The van der Waals surface area contributed by atoms with E-state index in [1.165, 1.54) is 0 Å². The van der Waals surface area contributed by atoms with Gasteiger partial charge in [0.1, 0.15) is 0 Å². The molecule has 2 aromatic rings. The van der Waals surface area contributed by atoms with Crippen molar-refractivity contribution in [3.05, 3.63) is 58.0 Å². The molecule has 26 heavy (non-hydrogen) atoms. The van der Waals surface area contributed by atoms with Gasteiger partial charge < -0.3 is 9.47 Å². The molecule has 0 bridgehead atoms. The summed E-state index contributed by atoms with van der Waals surface area (Å²) in [7, 11) is 1.56. The molecule has 0 aliphatic carbocycles. The standard InChI is InChI=1S/C19H16ClNO4S/c1-3-25-16-9-12(7-8-15(16)24-2)10-17-18(22)21(19(23)26-17)14-6-4-5-13(20)11-14/h4-11H,3H2,1-2H3. The summed E-state index contributed by atoms with van der Waals surface area (Å²) in [6.07, 6.45) is 1.66. The van der Waals surface area contributed by atoms with E-state index in [-0.39, 0.29) is 11.1 Å². The van der Waals surface area contributed by atoms with Crippen LogP contribution in [-0.4, -0.2) is 24.9 Å². The molecule has 0 atom stereocenters. The first kappa shape index (κ1) is 18.4. The highest BCUT2D eigenvalue weighted by atomic mass is 35.5. The van der Waals surface area contributed by atoms with Crippen molar-refractivity contribution in [2.45, 2.75) is 6.92 Å². The number of amides is 2. The lowest BCUT2D eigenvalue weighted by Gasteiger charge is -2.12. The largest absolute Gasteiger partial charge is 0.493 e. The molecule has 2 aromatic carbocycles. The number of thioether (sulfide) groups is 1. The first-order valence-corrected chi connectivity index (χ1v) is 9.07. The maximum atomic E-state index is 12.7. The molecule has 0 aromatic heterocycles. The molecule has 1 saturated heterocycles. The van der Waals surface area contributed by atoms with Crippen LogP contribution in [-0.2, 0) is 4.79 Å². The third-order valence-electron chi connectivity index (χ3n) is 3.65. The van der Waals surface area contributed by atoms with Crippen LogP contribution in [0.15, 0.2) is 47.4 Å². The predicted molar refractivity (Wildman–Crippen MR) is 104 cm³/mol. The van der Waals surface area contributed by atoms with E-state index in [4.69, 9.17) is 21.1 Å². The van der Waals surface area contributed by atoms with Crippen molar-refractivity contribution in [3.8, 4) is 11.5 Å². The Labute approximate surface area is 160 Å². The number of carbonyl (C=O) groups excluding carboxylic acids is 2. The van der Waals surface area contributed by atoms with E-state index in [0.717, 1.165) is 22.2 Å². The number of ether oxygens (including phenoxy) is 2. The second-order valence-corrected chi connectivity index (χ2v) is 6.77. The van der Waals surface area contributed by atoms with E-state index in [2.05, 4.69) is 0 Å². The molecular formula is C19H16ClNO4S. The van der Waals surface area contributed by atoms with Crippen molar-refractivity contribution in [1.82, 2.24) is 0 Å². The third kappa shape index (κ3) is 3.71. The fraction of sp³-hybridized carbons (Fsp3) is 0.158. The SMILES string of the molecule is CCOc1cc(C=C2SC(=O)N(c3cccc(Cl)c3)C2=O)ccc1OC. The second-order valence-electron chi connectivity index (χ2n) is 5.34. The van der Waals surface area contributed by atoms with Crippen LogP contribution in [0.3, 0.4) is 0 Å². The zero-order valence-corrected chi connectivity index (χ0v) is 15.8. The predicted octanol–water partition coefficient (Wildman–Crippen LogP) is 4.99. The van der Waals surface area contributed by atoms with Gasteiger partial charge in [-0.2, -0.15) is 0 Å². The molecule has 0 radical (unpaired) electrons. The van der Waals surface area contributed by atoms with E-state index in [9.17, 15) is 9.59 Å². The molecule has 5 nitrogen and oxygen atoms in total. The summed E-state index contributed by atoms with van der Waals surface area (Å²) in [5.41, 5.74) is 1.19. The van der Waals surface area contributed by atoms with Crippen molar-refractivity contribution < 1.29 is 19.1 Å². The van der Waals surface area contributed by atoms with Gasteiger partial charge in [0.2, 0.25) is 0 Å². The average Bonchev–Trinajstić information content (AvgIpc) is 2.89. The van der Waals surface area contributed by atoms with Gasteiger partial charge in [0.05, 0.1) is 24.3 Å². The summed E-state index contributed by atoms with van der Waals surface area (Å²) in [5.74, 6) is 0.810. The second kappa shape index (κ2) is 7.85. The highest BCUT2D eigenvalue weighted by Crippen LogP contribution is 2.37. The fourth-order valence-corrected chi connectivity index (χ4v) is 3.53. The number of hydrogen-bond donors (Lipinski definition) is 0. The van der Waals surface area contributed by atoms with Gasteiger partial charge in [0.25, 0.3) is 11.1 Å². The van der Waals surface area contributed by atoms with Crippen molar-refractivity contribution in [2.75, 3.05) is 18.6 Å². The summed E-state index contributed by atoms with van der Waals surface area (Å²) in [5, 5.41) is 0.101. The number of methoxy groups -OCH3 is 1. The van der Waals surface area contributed by atoms with Crippen molar-refractivity contribution in [2.24, 2.45) is 0 Å². The van der Waals surface area contributed by atoms with Gasteiger partial charge in [-0.25, -0.2) is 4.90 Å². The van der Waals surface area contributed by atoms with Crippen molar-refractivity contribution in [3.63, 3.8) is 0 Å². The minimum absolute atomic E-state index is 0.336. The first-order chi connectivity index (χ1) is 12.5. The Kier molecular flexibility index (Phi) is 5.54. The maximum absolute atomic E-state index is 12.7. The topological polar surface area (TPSA) is 55.8 Å². The number of halogens is 1. The van der Waals surface area contributed by atoms with Crippen LogP contribution < -0.4 is 14.4 Å². The molecule has 134 valence electrons. The van der Waals surface area contributed by atoms with Gasteiger partial charge >= 0.3 is 0 Å². The zero-order chi connectivity index (χ0) is 18.7. The molecule has 1 aliphatic heterocycles. The lowest BCUT2D eigenvalue weighted by atomic mass is 10.2. The molecule has 1 fully saturated rings. The van der Waals surface area contributed by atoms with Gasteiger partial charge in [0.15, 0.2) is 11.5 Å². The number of hydrogen-bond acceptors (Lipinski definition) is 5. The molecule has 0 N–H and O–H groups in total. The van der Waals surface area contributed by atoms with Crippen LogP contribution >= 0.6 is 23.4 Å². The Bertz CT molecular complexity index is 897. The summed E-state index contributed by atoms with van der Waals surface area (Å²) >= 11 is 6.85. The first-order valence-electron chi connectivity index (χ1n) is 7.88. The summed E-state index contributed by atoms with van der Waals surface area (Å²) in [6, 6.07) is 12.0. The van der Waals surface area contributed by atoms with Crippen LogP contribution in [0.4, 0.5) is 10.5 Å². The van der Waals surface area contributed by atoms with Crippen LogP contribution in [0, 0.1) is 0 Å². The molecule has 0 spiro atoms. The number of anilines is 1. The minimum atomic E-state index is -0.379. The summed E-state index contributed by atoms with van der Waals surface area (Å²) < 4.78 is 10.8. The Hall–Kier alpha value is -2.44. The molecule has 0 saturated carbocycles. The third-order valence-corrected chi connectivity index (χ3v) is 4.75. The minimum Gasteiger partial charge on any atom is -0.493 e. The Morgan fingerprint density at radius 2 is 1.96 bits per heavy atom. The molecule has 2 amide bonds. The molecule has 1 heterocycles. The van der Waals surface area contributed by atoms with Crippen molar-refractivity contribution in [1.29, 1.82) is 0 Å². The van der Waals surface area contributed by atoms with Gasteiger partial charge in [0, 0.05) is 5.02 Å². The van der Waals surface area contributed by atoms with E-state index >= 15 is 0 Å². The normalized spacial score (nSPS) is 15.7.